The molecule has 0 saturated heterocycles. The molecule has 1 heterocycles. The fraction of sp³-hybridized carbons (Fsp3) is 0.111. The van der Waals surface area contributed by atoms with Gasteiger partial charge in [-0.15, -0.1) is 0 Å². The van der Waals surface area contributed by atoms with E-state index in [0.29, 0.717) is 17.3 Å². The maximum Gasteiger partial charge on any atom is 0.266 e. The lowest BCUT2D eigenvalue weighted by Crippen LogP contribution is -2.14. The Kier molecular flexibility index (Phi) is 6.11. The van der Waals surface area contributed by atoms with Gasteiger partial charge in [0.15, 0.2) is 0 Å². The van der Waals surface area contributed by atoms with Gasteiger partial charge in [0.2, 0.25) is 0 Å². The number of rotatable bonds is 5. The van der Waals surface area contributed by atoms with Crippen LogP contribution in [0.25, 0.3) is 17.0 Å². The topological polar surface area (TPSA) is 57.8 Å². The minimum atomic E-state index is -0.465. The molecule has 4 rings (SSSR count). The van der Waals surface area contributed by atoms with Gasteiger partial charge >= 0.3 is 0 Å². The monoisotopic (exact) mass is 439 g/mol. The minimum Gasteiger partial charge on any atom is -0.342 e. The summed E-state index contributed by atoms with van der Waals surface area (Å²) in [4.78, 5) is 12.8. The van der Waals surface area contributed by atoms with E-state index < -0.39 is 5.91 Å². The number of para-hydroxylation sites is 1. The zero-order valence-corrected chi connectivity index (χ0v) is 18.6. The Labute approximate surface area is 192 Å². The highest BCUT2D eigenvalue weighted by Crippen LogP contribution is 2.26. The van der Waals surface area contributed by atoms with Crippen molar-refractivity contribution in [1.29, 1.82) is 5.26 Å². The van der Waals surface area contributed by atoms with E-state index in [1.807, 2.05) is 49.5 Å². The van der Waals surface area contributed by atoms with Crippen molar-refractivity contribution in [3.05, 3.63) is 106 Å². The fourth-order valence-electron chi connectivity index (χ4n) is 3.63. The predicted octanol–water partition coefficient (Wildman–Crippen LogP) is 6.51. The van der Waals surface area contributed by atoms with Crippen molar-refractivity contribution >= 4 is 40.2 Å². The van der Waals surface area contributed by atoms with Gasteiger partial charge < -0.3 is 9.88 Å². The summed E-state index contributed by atoms with van der Waals surface area (Å²) < 4.78 is 2.14. The highest BCUT2D eigenvalue weighted by molar-refractivity contribution is 6.31. The number of hydrogen-bond acceptors (Lipinski definition) is 2. The Bertz CT molecular complexity index is 1370. The molecule has 0 aliphatic heterocycles. The van der Waals surface area contributed by atoms with E-state index in [2.05, 4.69) is 41.1 Å². The number of benzene rings is 3. The third kappa shape index (κ3) is 4.59. The first-order chi connectivity index (χ1) is 15.4. The number of aryl methyl sites for hydroxylation is 2. The summed E-state index contributed by atoms with van der Waals surface area (Å²) in [5.74, 6) is -0.465. The third-order valence-electron chi connectivity index (χ3n) is 5.41. The normalized spacial score (nSPS) is 11.4. The van der Waals surface area contributed by atoms with Crippen LogP contribution in [0.4, 0.5) is 5.69 Å². The third-order valence-corrected chi connectivity index (χ3v) is 5.64. The smallest absolute Gasteiger partial charge is 0.266 e. The van der Waals surface area contributed by atoms with Gasteiger partial charge in [0.05, 0.1) is 0 Å². The maximum atomic E-state index is 12.8. The van der Waals surface area contributed by atoms with Crippen LogP contribution in [-0.4, -0.2) is 10.5 Å². The molecule has 1 N–H and O–H groups in total. The molecule has 5 heteroatoms. The molecular formula is C27H22ClN3O. The molecule has 158 valence electrons. The van der Waals surface area contributed by atoms with Crippen LogP contribution in [0, 0.1) is 25.2 Å². The van der Waals surface area contributed by atoms with E-state index in [1.165, 1.54) is 11.1 Å². The van der Waals surface area contributed by atoms with Crippen molar-refractivity contribution < 1.29 is 4.79 Å². The number of nitriles is 1. The van der Waals surface area contributed by atoms with Gasteiger partial charge in [-0.05, 0) is 49.2 Å². The van der Waals surface area contributed by atoms with Gasteiger partial charge in [0.25, 0.3) is 5.91 Å². The predicted molar refractivity (Wildman–Crippen MR) is 131 cm³/mol. The van der Waals surface area contributed by atoms with Crippen molar-refractivity contribution in [2.45, 2.75) is 20.4 Å². The zero-order chi connectivity index (χ0) is 22.7. The van der Waals surface area contributed by atoms with E-state index in [9.17, 15) is 10.1 Å². The molecular weight excluding hydrogens is 418 g/mol. The summed E-state index contributed by atoms with van der Waals surface area (Å²) in [6, 6.07) is 23.7. The van der Waals surface area contributed by atoms with Crippen molar-refractivity contribution in [3.63, 3.8) is 0 Å². The zero-order valence-electron chi connectivity index (χ0n) is 17.9. The number of fused-ring (bicyclic) bond motifs is 1. The van der Waals surface area contributed by atoms with Crippen LogP contribution in [0.1, 0.15) is 22.3 Å². The van der Waals surface area contributed by atoms with E-state index in [0.717, 1.165) is 22.0 Å². The Hall–Kier alpha value is -3.81. The van der Waals surface area contributed by atoms with Gasteiger partial charge in [-0.2, -0.15) is 5.26 Å². The van der Waals surface area contributed by atoms with Crippen LogP contribution < -0.4 is 5.32 Å². The van der Waals surface area contributed by atoms with Crippen molar-refractivity contribution in [1.82, 2.24) is 4.57 Å². The molecule has 0 aliphatic carbocycles. The fourth-order valence-corrected chi connectivity index (χ4v) is 3.81. The van der Waals surface area contributed by atoms with Gasteiger partial charge in [-0.1, -0.05) is 65.7 Å². The largest absolute Gasteiger partial charge is 0.342 e. The first-order valence-electron chi connectivity index (χ1n) is 10.3. The Morgan fingerprint density at radius 1 is 1.09 bits per heavy atom. The number of nitrogens with zero attached hydrogens (tertiary/aromatic N) is 2. The second-order valence-electron chi connectivity index (χ2n) is 7.80. The number of hydrogen-bond donors (Lipinski definition) is 1. The highest BCUT2D eigenvalue weighted by atomic mass is 35.5. The summed E-state index contributed by atoms with van der Waals surface area (Å²) in [5.41, 5.74) is 5.75. The molecule has 4 nitrogen and oxygen atoms in total. The lowest BCUT2D eigenvalue weighted by molar-refractivity contribution is -0.112. The lowest BCUT2D eigenvalue weighted by Gasteiger charge is -2.08. The minimum absolute atomic E-state index is 0.0302. The average molecular weight is 440 g/mol. The molecule has 0 unspecified atom stereocenters. The van der Waals surface area contributed by atoms with Crippen molar-refractivity contribution in [2.24, 2.45) is 0 Å². The molecule has 0 fully saturated rings. The number of nitrogens with one attached hydrogen (secondary N) is 1. The van der Waals surface area contributed by atoms with Crippen LogP contribution in [-0.2, 0) is 11.3 Å². The standard InChI is InChI=1S/C27H22ClN3O/c1-18-7-10-20(11-8-18)16-31-17-22(24-5-3-4-6-26(24)31)13-21(15-29)27(32)30-25-14-23(28)12-9-19(25)2/h3-14,17H,16H2,1-2H3,(H,30,32). The molecule has 1 aromatic heterocycles. The Balaban J connectivity index is 1.68. The van der Waals surface area contributed by atoms with Crippen molar-refractivity contribution in [3.8, 4) is 6.07 Å². The van der Waals surface area contributed by atoms with E-state index in [4.69, 9.17) is 11.6 Å². The molecule has 0 spiro atoms. The first-order valence-corrected chi connectivity index (χ1v) is 10.6. The highest BCUT2D eigenvalue weighted by Gasteiger charge is 2.14. The van der Waals surface area contributed by atoms with E-state index >= 15 is 0 Å². The molecule has 32 heavy (non-hydrogen) atoms. The molecule has 0 bridgehead atoms. The second kappa shape index (κ2) is 9.13. The second-order valence-corrected chi connectivity index (χ2v) is 8.23. The van der Waals surface area contributed by atoms with E-state index in [-0.39, 0.29) is 5.57 Å². The number of halogens is 1. The molecule has 1 amide bonds. The number of anilines is 1. The molecule has 0 atom stereocenters. The van der Waals surface area contributed by atoms with Gasteiger partial charge in [-0.25, -0.2) is 0 Å². The Morgan fingerprint density at radius 3 is 2.59 bits per heavy atom. The quantitative estimate of drug-likeness (QED) is 0.285. The van der Waals surface area contributed by atoms with Gasteiger partial charge in [-0.3, -0.25) is 4.79 Å². The molecule has 0 aliphatic rings. The SMILES string of the molecule is Cc1ccc(Cn2cc(C=C(C#N)C(=O)Nc3cc(Cl)ccc3C)c3ccccc32)cc1. The summed E-state index contributed by atoms with van der Waals surface area (Å²) in [6.07, 6.45) is 3.63. The number of aromatic nitrogens is 1. The molecule has 3 aromatic carbocycles. The molecule has 0 saturated carbocycles. The summed E-state index contributed by atoms with van der Waals surface area (Å²) in [5, 5.41) is 14.0. The summed E-state index contributed by atoms with van der Waals surface area (Å²) in [6.45, 7) is 4.64. The van der Waals surface area contributed by atoms with Crippen LogP contribution in [0.15, 0.2) is 78.5 Å². The van der Waals surface area contributed by atoms with E-state index in [1.54, 1.807) is 18.2 Å². The van der Waals surface area contributed by atoms with Crippen LogP contribution >= 0.6 is 11.6 Å². The van der Waals surface area contributed by atoms with Crippen molar-refractivity contribution in [2.75, 3.05) is 5.32 Å². The number of carbonyl (C=O) groups is 1. The van der Waals surface area contributed by atoms with Crippen LogP contribution in [0.3, 0.4) is 0 Å². The van der Waals surface area contributed by atoms with Crippen LogP contribution in [0.5, 0.6) is 0 Å². The van der Waals surface area contributed by atoms with Gasteiger partial charge in [0, 0.05) is 39.9 Å². The number of amides is 1. The average Bonchev–Trinajstić information content (AvgIpc) is 3.13. The maximum absolute atomic E-state index is 12.8. The first kappa shape index (κ1) is 21.4. The number of carbonyl (C=O) groups excluding carboxylic acids is 1. The molecule has 0 radical (unpaired) electrons. The summed E-state index contributed by atoms with van der Waals surface area (Å²) >= 11 is 6.05. The molecule has 4 aromatic rings. The Morgan fingerprint density at radius 2 is 1.84 bits per heavy atom. The lowest BCUT2D eigenvalue weighted by atomic mass is 10.1. The summed E-state index contributed by atoms with van der Waals surface area (Å²) in [7, 11) is 0. The van der Waals surface area contributed by atoms with Gasteiger partial charge in [0.1, 0.15) is 11.6 Å². The van der Waals surface area contributed by atoms with Crippen LogP contribution in [0.2, 0.25) is 5.02 Å².